The summed E-state index contributed by atoms with van der Waals surface area (Å²) in [6.45, 7) is 17.6. The molecule has 7 aromatic rings. The standard InChI is InChI=1S/C42H42N4O/c1-25(2)34-13-11-14-35(26(3)4)42(34)41-29(7)44-46(30(41)8)31-20-28(6)21-33(23-31)47-32-16-17-37-36-12-9-10-15-38(36)45(39(37)24-32)40-22-27(5)18-19-43-40/h9-26H,1-8H3. The molecule has 3 aromatic heterocycles. The zero-order chi connectivity index (χ0) is 33.0. The van der Waals surface area contributed by atoms with E-state index in [4.69, 9.17) is 14.8 Å². The molecule has 0 aliphatic heterocycles. The number of para-hydroxylation sites is 1. The quantitative estimate of drug-likeness (QED) is 0.178. The molecular weight excluding hydrogens is 576 g/mol. The first kappa shape index (κ1) is 30.5. The first-order valence-electron chi connectivity index (χ1n) is 16.6. The Morgan fingerprint density at radius 1 is 0.617 bits per heavy atom. The summed E-state index contributed by atoms with van der Waals surface area (Å²) in [4.78, 5) is 4.73. The minimum atomic E-state index is 0.405. The highest BCUT2D eigenvalue weighted by atomic mass is 16.5. The Balaban J connectivity index is 1.32. The van der Waals surface area contributed by atoms with Crippen LogP contribution in [0.4, 0.5) is 0 Å². The van der Waals surface area contributed by atoms with Crippen molar-refractivity contribution in [2.24, 2.45) is 0 Å². The lowest BCUT2D eigenvalue weighted by Crippen LogP contribution is -2.03. The molecule has 3 heterocycles. The number of rotatable bonds is 7. The molecule has 0 saturated carbocycles. The lowest BCUT2D eigenvalue weighted by atomic mass is 9.84. The third-order valence-electron chi connectivity index (χ3n) is 9.21. The fourth-order valence-electron chi connectivity index (χ4n) is 7.04. The topological polar surface area (TPSA) is 44.9 Å². The summed E-state index contributed by atoms with van der Waals surface area (Å²) >= 11 is 0. The van der Waals surface area contributed by atoms with Crippen molar-refractivity contribution in [1.82, 2.24) is 19.3 Å². The molecular formula is C42H42N4O. The Labute approximate surface area is 277 Å². The highest BCUT2D eigenvalue weighted by Gasteiger charge is 2.23. The van der Waals surface area contributed by atoms with Crippen molar-refractivity contribution in [2.75, 3.05) is 0 Å². The molecule has 0 amide bonds. The number of hydrogen-bond acceptors (Lipinski definition) is 3. The summed E-state index contributed by atoms with van der Waals surface area (Å²) in [5.74, 6) is 3.25. The lowest BCUT2D eigenvalue weighted by Gasteiger charge is -2.20. The van der Waals surface area contributed by atoms with Gasteiger partial charge in [-0.3, -0.25) is 4.57 Å². The zero-order valence-corrected chi connectivity index (χ0v) is 28.6. The second-order valence-corrected chi connectivity index (χ2v) is 13.4. The van der Waals surface area contributed by atoms with Crippen LogP contribution in [0, 0.1) is 27.7 Å². The second-order valence-electron chi connectivity index (χ2n) is 13.4. The molecule has 0 saturated heterocycles. The van der Waals surface area contributed by atoms with Gasteiger partial charge in [-0.2, -0.15) is 5.10 Å². The maximum atomic E-state index is 6.63. The van der Waals surface area contributed by atoms with Crippen LogP contribution in [-0.2, 0) is 0 Å². The van der Waals surface area contributed by atoms with E-state index in [0.29, 0.717) is 11.8 Å². The number of pyridine rings is 1. The number of hydrogen-bond donors (Lipinski definition) is 0. The smallest absolute Gasteiger partial charge is 0.137 e. The predicted octanol–water partition coefficient (Wildman–Crippen LogP) is 11.3. The molecule has 236 valence electrons. The SMILES string of the molecule is Cc1cc(Oc2ccc3c4ccccc4n(-c4cc(C)ccn4)c3c2)cc(-n2nc(C)c(-c3c(C(C)C)cccc3C(C)C)c2C)c1. The Kier molecular flexibility index (Phi) is 7.71. The van der Waals surface area contributed by atoms with E-state index in [-0.39, 0.29) is 0 Å². The van der Waals surface area contributed by atoms with Crippen molar-refractivity contribution in [2.45, 2.75) is 67.2 Å². The van der Waals surface area contributed by atoms with Crippen LogP contribution in [-0.4, -0.2) is 19.3 Å². The molecule has 0 aliphatic carbocycles. The van der Waals surface area contributed by atoms with Crippen LogP contribution >= 0.6 is 0 Å². The van der Waals surface area contributed by atoms with Crippen LogP contribution in [0.1, 0.15) is 73.2 Å². The highest BCUT2D eigenvalue weighted by Crippen LogP contribution is 2.41. The van der Waals surface area contributed by atoms with E-state index in [1.807, 2.05) is 12.3 Å². The highest BCUT2D eigenvalue weighted by molar-refractivity contribution is 6.09. The van der Waals surface area contributed by atoms with E-state index >= 15 is 0 Å². The Bertz CT molecular complexity index is 2260. The van der Waals surface area contributed by atoms with E-state index in [1.54, 1.807) is 0 Å². The molecule has 0 N–H and O–H groups in total. The fourth-order valence-corrected chi connectivity index (χ4v) is 7.04. The van der Waals surface area contributed by atoms with Gasteiger partial charge in [0.1, 0.15) is 17.3 Å². The molecule has 0 atom stereocenters. The third kappa shape index (κ3) is 5.40. The van der Waals surface area contributed by atoms with Crippen molar-refractivity contribution < 1.29 is 4.74 Å². The number of aryl methyl sites for hydroxylation is 3. The van der Waals surface area contributed by atoms with Crippen molar-refractivity contribution in [1.29, 1.82) is 0 Å². The van der Waals surface area contributed by atoms with Crippen molar-refractivity contribution in [3.8, 4) is 34.1 Å². The predicted molar refractivity (Wildman–Crippen MR) is 195 cm³/mol. The van der Waals surface area contributed by atoms with Gasteiger partial charge in [0.25, 0.3) is 0 Å². The molecule has 5 heteroatoms. The first-order chi connectivity index (χ1) is 22.6. The molecule has 0 fully saturated rings. The average Bonchev–Trinajstić information content (AvgIpc) is 3.52. The summed E-state index contributed by atoms with van der Waals surface area (Å²) in [7, 11) is 0. The van der Waals surface area contributed by atoms with E-state index < -0.39 is 0 Å². The van der Waals surface area contributed by atoms with E-state index in [2.05, 4.69) is 150 Å². The lowest BCUT2D eigenvalue weighted by molar-refractivity contribution is 0.482. The summed E-state index contributed by atoms with van der Waals surface area (Å²) in [6, 6.07) is 32.1. The van der Waals surface area contributed by atoms with Gasteiger partial charge < -0.3 is 4.74 Å². The number of ether oxygens (including phenoxy) is 1. The van der Waals surface area contributed by atoms with Gasteiger partial charge in [-0.1, -0.05) is 64.1 Å². The van der Waals surface area contributed by atoms with Gasteiger partial charge in [-0.15, -0.1) is 0 Å². The molecule has 0 radical (unpaired) electrons. The van der Waals surface area contributed by atoms with Gasteiger partial charge in [-0.05, 0) is 110 Å². The number of benzene rings is 4. The van der Waals surface area contributed by atoms with Crippen LogP contribution in [0.25, 0.3) is 44.4 Å². The van der Waals surface area contributed by atoms with Crippen molar-refractivity contribution in [3.63, 3.8) is 0 Å². The second kappa shape index (κ2) is 11.9. The number of aromatic nitrogens is 4. The molecule has 0 aliphatic rings. The third-order valence-corrected chi connectivity index (χ3v) is 9.21. The van der Waals surface area contributed by atoms with Crippen molar-refractivity contribution in [3.05, 3.63) is 131 Å². The van der Waals surface area contributed by atoms with Gasteiger partial charge in [0.15, 0.2) is 0 Å². The van der Waals surface area contributed by atoms with Gasteiger partial charge in [0.2, 0.25) is 0 Å². The summed E-state index contributed by atoms with van der Waals surface area (Å²) in [6.07, 6.45) is 1.87. The molecule has 4 aromatic carbocycles. The monoisotopic (exact) mass is 618 g/mol. The van der Waals surface area contributed by atoms with E-state index in [9.17, 15) is 0 Å². The number of fused-ring (bicyclic) bond motifs is 3. The fraction of sp³-hybridized carbons (Fsp3) is 0.238. The summed E-state index contributed by atoms with van der Waals surface area (Å²) in [5.41, 5.74) is 12.9. The minimum absolute atomic E-state index is 0.405. The molecule has 0 spiro atoms. The van der Waals surface area contributed by atoms with Crippen LogP contribution in [0.3, 0.4) is 0 Å². The van der Waals surface area contributed by atoms with Gasteiger partial charge in [-0.25, -0.2) is 9.67 Å². The van der Waals surface area contributed by atoms with Crippen LogP contribution < -0.4 is 4.74 Å². The van der Waals surface area contributed by atoms with Gasteiger partial charge in [0, 0.05) is 40.4 Å². The van der Waals surface area contributed by atoms with Crippen LogP contribution in [0.5, 0.6) is 11.5 Å². The molecule has 0 unspecified atom stereocenters. The zero-order valence-electron chi connectivity index (χ0n) is 28.6. The molecule has 47 heavy (non-hydrogen) atoms. The Hall–Kier alpha value is -5.16. The molecule has 5 nitrogen and oxygen atoms in total. The average molecular weight is 619 g/mol. The first-order valence-corrected chi connectivity index (χ1v) is 16.6. The maximum Gasteiger partial charge on any atom is 0.137 e. The minimum Gasteiger partial charge on any atom is -0.457 e. The van der Waals surface area contributed by atoms with Gasteiger partial charge >= 0.3 is 0 Å². The van der Waals surface area contributed by atoms with Crippen LogP contribution in [0.2, 0.25) is 0 Å². The van der Waals surface area contributed by atoms with Gasteiger partial charge in [0.05, 0.1) is 22.4 Å². The van der Waals surface area contributed by atoms with E-state index in [0.717, 1.165) is 51.0 Å². The Morgan fingerprint density at radius 3 is 2.06 bits per heavy atom. The van der Waals surface area contributed by atoms with Crippen molar-refractivity contribution >= 4 is 21.8 Å². The largest absolute Gasteiger partial charge is 0.457 e. The summed E-state index contributed by atoms with van der Waals surface area (Å²) < 4.78 is 10.9. The normalized spacial score (nSPS) is 11.8. The Morgan fingerprint density at radius 2 is 1.34 bits per heavy atom. The van der Waals surface area contributed by atoms with Crippen LogP contribution in [0.15, 0.2) is 97.2 Å². The van der Waals surface area contributed by atoms with E-state index in [1.165, 1.54) is 38.6 Å². The molecule has 0 bridgehead atoms. The molecule has 7 rings (SSSR count). The number of nitrogens with zero attached hydrogens (tertiary/aromatic N) is 4. The summed E-state index contributed by atoms with van der Waals surface area (Å²) in [5, 5.41) is 7.47. The maximum absolute atomic E-state index is 6.63.